The Morgan fingerprint density at radius 2 is 1.93 bits per heavy atom. The lowest BCUT2D eigenvalue weighted by molar-refractivity contribution is -0.139. The fraction of sp³-hybridized carbons (Fsp3) is 0.667. The number of halogens is 4. The number of carbonyl (C=O) groups is 1. The van der Waals surface area contributed by atoms with E-state index in [1.165, 1.54) is 0 Å². The quantitative estimate of drug-likeness (QED) is 0.847. The highest BCUT2D eigenvalue weighted by molar-refractivity contribution is 9.11. The molecule has 6 heteroatoms. The van der Waals surface area contributed by atoms with Crippen molar-refractivity contribution in [1.29, 1.82) is 0 Å². The number of hydrogen-bond acceptors (Lipinski definition) is 1. The summed E-state index contributed by atoms with van der Waals surface area (Å²) in [5.74, 6) is -2.35. The van der Waals surface area contributed by atoms with E-state index in [4.69, 9.17) is 5.11 Å². The van der Waals surface area contributed by atoms with Crippen molar-refractivity contribution >= 4 is 21.9 Å². The Kier molecular flexibility index (Phi) is 2.93. The van der Waals surface area contributed by atoms with Gasteiger partial charge in [-0.25, -0.2) is 0 Å². The van der Waals surface area contributed by atoms with Gasteiger partial charge in [-0.3, -0.25) is 4.79 Å². The summed E-state index contributed by atoms with van der Waals surface area (Å²) in [7, 11) is 0. The summed E-state index contributed by atoms with van der Waals surface area (Å²) in [6, 6.07) is 0. The maximum atomic E-state index is 12.2. The lowest BCUT2D eigenvalue weighted by atomic mass is 10.1. The molecule has 0 amide bonds. The van der Waals surface area contributed by atoms with Crippen LogP contribution in [0.5, 0.6) is 0 Å². The average Bonchev–Trinajstić information content (AvgIpc) is 2.50. The molecule has 0 aromatic heterocycles. The molecule has 0 bridgehead atoms. The van der Waals surface area contributed by atoms with Gasteiger partial charge in [-0.2, -0.15) is 13.2 Å². The third-order valence-electron chi connectivity index (χ3n) is 2.77. The van der Waals surface area contributed by atoms with Crippen LogP contribution < -0.4 is 0 Å². The van der Waals surface area contributed by atoms with Gasteiger partial charge in [0.2, 0.25) is 0 Å². The van der Waals surface area contributed by atoms with Crippen LogP contribution in [-0.2, 0) is 4.79 Å². The molecule has 0 aromatic carbocycles. The molecule has 2 atom stereocenters. The number of hydrogen-bond donors (Lipinski definition) is 1. The van der Waals surface area contributed by atoms with E-state index in [0.717, 1.165) is 6.08 Å². The molecule has 0 unspecified atom stereocenters. The van der Waals surface area contributed by atoms with E-state index in [0.29, 0.717) is 0 Å². The van der Waals surface area contributed by atoms with Crippen LogP contribution in [0.15, 0.2) is 10.6 Å². The summed E-state index contributed by atoms with van der Waals surface area (Å²) in [6.45, 7) is 3.28. The van der Waals surface area contributed by atoms with Gasteiger partial charge < -0.3 is 5.11 Å². The topological polar surface area (TPSA) is 37.3 Å². The average molecular weight is 287 g/mol. The van der Waals surface area contributed by atoms with Crippen molar-refractivity contribution in [3.05, 3.63) is 10.6 Å². The lowest BCUT2D eigenvalue weighted by Crippen LogP contribution is -2.07. The second kappa shape index (κ2) is 3.50. The van der Waals surface area contributed by atoms with Gasteiger partial charge in [0, 0.05) is 0 Å². The number of allylic oxidation sites excluding steroid dienone is 2. The molecule has 15 heavy (non-hydrogen) atoms. The molecule has 1 aliphatic carbocycles. The lowest BCUT2D eigenvalue weighted by Gasteiger charge is -2.04. The molecule has 0 aliphatic heterocycles. The van der Waals surface area contributed by atoms with Gasteiger partial charge in [0.15, 0.2) is 0 Å². The molecule has 0 spiro atoms. The monoisotopic (exact) mass is 286 g/mol. The van der Waals surface area contributed by atoms with E-state index in [1.807, 2.05) is 0 Å². The van der Waals surface area contributed by atoms with Gasteiger partial charge in [0.25, 0.3) is 0 Å². The number of rotatable bonds is 2. The smallest absolute Gasteiger partial charge is 0.422 e. The molecule has 86 valence electrons. The highest BCUT2D eigenvalue weighted by atomic mass is 79.9. The summed E-state index contributed by atoms with van der Waals surface area (Å²) in [6.07, 6.45) is -3.50. The summed E-state index contributed by atoms with van der Waals surface area (Å²) in [5.41, 5.74) is -0.601. The molecule has 0 radical (unpaired) electrons. The summed E-state index contributed by atoms with van der Waals surface area (Å²) in [4.78, 5) is 10.7. The van der Waals surface area contributed by atoms with E-state index < -0.39 is 33.9 Å². The largest absolute Gasteiger partial charge is 0.481 e. The normalized spacial score (nSPS) is 30.1. The zero-order valence-electron chi connectivity index (χ0n) is 8.10. The summed E-state index contributed by atoms with van der Waals surface area (Å²) in [5, 5.41) is 8.75. The van der Waals surface area contributed by atoms with Crippen LogP contribution in [0.25, 0.3) is 0 Å². The molecule has 1 aliphatic rings. The molecular formula is C9H10BrF3O2. The molecule has 0 heterocycles. The van der Waals surface area contributed by atoms with Crippen LogP contribution in [0.4, 0.5) is 13.2 Å². The van der Waals surface area contributed by atoms with E-state index in [-0.39, 0.29) is 0 Å². The van der Waals surface area contributed by atoms with Crippen molar-refractivity contribution in [3.63, 3.8) is 0 Å². The fourth-order valence-electron chi connectivity index (χ4n) is 1.71. The molecule has 1 rings (SSSR count). The van der Waals surface area contributed by atoms with E-state index in [9.17, 15) is 18.0 Å². The van der Waals surface area contributed by atoms with Crippen molar-refractivity contribution < 1.29 is 23.1 Å². The first-order chi connectivity index (χ1) is 6.58. The van der Waals surface area contributed by atoms with E-state index >= 15 is 0 Å². The zero-order valence-corrected chi connectivity index (χ0v) is 9.69. The zero-order chi connectivity index (χ0) is 12.0. The molecule has 1 N–H and O–H groups in total. The van der Waals surface area contributed by atoms with Gasteiger partial charge in [-0.05, 0) is 27.3 Å². The maximum absolute atomic E-state index is 12.2. The van der Waals surface area contributed by atoms with Crippen molar-refractivity contribution in [3.8, 4) is 0 Å². The van der Waals surface area contributed by atoms with Crippen LogP contribution in [0.2, 0.25) is 0 Å². The molecule has 0 aromatic rings. The first kappa shape index (κ1) is 12.5. The summed E-state index contributed by atoms with van der Waals surface area (Å²) < 4.78 is 35.6. The van der Waals surface area contributed by atoms with Gasteiger partial charge >= 0.3 is 12.1 Å². The van der Waals surface area contributed by atoms with E-state index in [1.54, 1.807) is 13.8 Å². The first-order valence-corrected chi connectivity index (χ1v) is 5.05. The Morgan fingerprint density at radius 1 is 1.47 bits per heavy atom. The molecule has 1 saturated carbocycles. The van der Waals surface area contributed by atoms with Crippen LogP contribution in [0.1, 0.15) is 13.8 Å². The second-order valence-electron chi connectivity index (χ2n) is 4.18. The first-order valence-electron chi connectivity index (χ1n) is 4.26. The Labute approximate surface area is 93.3 Å². The van der Waals surface area contributed by atoms with Crippen LogP contribution in [-0.4, -0.2) is 17.3 Å². The Morgan fingerprint density at radius 3 is 2.20 bits per heavy atom. The van der Waals surface area contributed by atoms with Gasteiger partial charge in [-0.15, -0.1) is 0 Å². The van der Waals surface area contributed by atoms with Crippen molar-refractivity contribution in [2.24, 2.45) is 17.3 Å². The Bertz CT molecular complexity index is 320. The highest BCUT2D eigenvalue weighted by Gasteiger charge is 2.61. The highest BCUT2D eigenvalue weighted by Crippen LogP contribution is 2.60. The van der Waals surface area contributed by atoms with Gasteiger partial charge in [0.05, 0.1) is 10.4 Å². The standard InChI is InChI=1S/C9H10BrF3O2/c1-8(2)4(6(8)7(14)15)3-5(10)9(11,12)13/h3-4,6H,1-2H3,(H,14,15)/b5-3-/t4-,6-/m0/s1. The Hall–Kier alpha value is -0.520. The van der Waals surface area contributed by atoms with Crippen molar-refractivity contribution in [2.45, 2.75) is 20.0 Å². The van der Waals surface area contributed by atoms with Crippen molar-refractivity contribution in [2.75, 3.05) is 0 Å². The second-order valence-corrected chi connectivity index (χ2v) is 5.03. The SMILES string of the molecule is CC1(C)[C@H](C(=O)O)[C@@H]1/C=C(\Br)C(F)(F)F. The number of aliphatic carboxylic acids is 1. The number of carboxylic acids is 1. The van der Waals surface area contributed by atoms with Crippen LogP contribution in [0.3, 0.4) is 0 Å². The summed E-state index contributed by atoms with van der Waals surface area (Å²) >= 11 is 2.41. The predicted molar refractivity (Wildman–Crippen MR) is 51.5 cm³/mol. The minimum Gasteiger partial charge on any atom is -0.481 e. The molecular weight excluding hydrogens is 277 g/mol. The van der Waals surface area contributed by atoms with E-state index in [2.05, 4.69) is 15.9 Å². The molecule has 0 saturated heterocycles. The van der Waals surface area contributed by atoms with Crippen molar-refractivity contribution in [1.82, 2.24) is 0 Å². The maximum Gasteiger partial charge on any atom is 0.422 e. The predicted octanol–water partition coefficient (Wildman–Crippen LogP) is 3.18. The molecule has 2 nitrogen and oxygen atoms in total. The Balaban J connectivity index is 2.83. The fourth-order valence-corrected chi connectivity index (χ4v) is 2.00. The van der Waals surface area contributed by atoms with Gasteiger partial charge in [0.1, 0.15) is 0 Å². The van der Waals surface area contributed by atoms with Crippen LogP contribution >= 0.6 is 15.9 Å². The van der Waals surface area contributed by atoms with Gasteiger partial charge in [-0.1, -0.05) is 19.9 Å². The number of alkyl halides is 3. The third kappa shape index (κ3) is 2.35. The van der Waals surface area contributed by atoms with Crippen LogP contribution in [0, 0.1) is 17.3 Å². The minimum absolute atomic E-state index is 0.564. The molecule has 1 fully saturated rings. The number of carboxylic acid groups (broad SMARTS) is 1. The third-order valence-corrected chi connectivity index (χ3v) is 3.49. The minimum atomic E-state index is -4.44.